The van der Waals surface area contributed by atoms with Crippen molar-refractivity contribution in [3.63, 3.8) is 0 Å². The van der Waals surface area contributed by atoms with E-state index in [1.165, 1.54) is 11.8 Å². The van der Waals surface area contributed by atoms with Gasteiger partial charge in [-0.3, -0.25) is 4.79 Å². The first-order valence-electron chi connectivity index (χ1n) is 8.78. The van der Waals surface area contributed by atoms with Gasteiger partial charge in [0.2, 0.25) is 0 Å². The van der Waals surface area contributed by atoms with E-state index in [-0.39, 0.29) is 12.1 Å². The number of rotatable bonds is 8. The van der Waals surface area contributed by atoms with Gasteiger partial charge in [-0.1, -0.05) is 18.7 Å². The largest absolute Gasteiger partial charge is 0.369 e. The molecule has 148 valence electrons. The van der Waals surface area contributed by atoms with Crippen LogP contribution in [0, 0.1) is 11.6 Å². The van der Waals surface area contributed by atoms with Gasteiger partial charge in [-0.25, -0.2) is 23.4 Å². The second-order valence-electron chi connectivity index (χ2n) is 5.97. The van der Waals surface area contributed by atoms with E-state index in [0.29, 0.717) is 23.4 Å². The number of aromatic nitrogens is 4. The number of thioether (sulfide) groups is 1. The number of carbonyl (C=O) groups is 1. The number of anilines is 1. The van der Waals surface area contributed by atoms with Crippen LogP contribution >= 0.6 is 11.8 Å². The Kier molecular flexibility index (Phi) is 6.40. The van der Waals surface area contributed by atoms with E-state index in [2.05, 4.69) is 32.6 Å². The fourth-order valence-corrected chi connectivity index (χ4v) is 2.97. The molecule has 0 unspecified atom stereocenters. The molecule has 0 fully saturated rings. The molecular formula is C18H20F2N6OS. The van der Waals surface area contributed by atoms with E-state index in [0.717, 1.165) is 36.3 Å². The smallest absolute Gasteiger partial charge is 0.254 e. The van der Waals surface area contributed by atoms with Gasteiger partial charge in [-0.05, 0) is 24.8 Å². The highest BCUT2D eigenvalue weighted by Crippen LogP contribution is 2.23. The molecule has 0 saturated heterocycles. The van der Waals surface area contributed by atoms with Gasteiger partial charge in [0.15, 0.2) is 10.8 Å². The topological polar surface area (TPSA) is 84.7 Å². The summed E-state index contributed by atoms with van der Waals surface area (Å²) in [5.41, 5.74) is 0.449. The summed E-state index contributed by atoms with van der Waals surface area (Å²) in [7, 11) is 0. The van der Waals surface area contributed by atoms with Crippen molar-refractivity contribution in [3.05, 3.63) is 41.6 Å². The highest BCUT2D eigenvalue weighted by molar-refractivity contribution is 7.98. The molecule has 3 rings (SSSR count). The molecule has 7 nitrogen and oxygen atoms in total. The summed E-state index contributed by atoms with van der Waals surface area (Å²) in [6.45, 7) is 3.40. The van der Waals surface area contributed by atoms with E-state index in [1.54, 1.807) is 10.9 Å². The van der Waals surface area contributed by atoms with Crippen LogP contribution in [0.1, 0.15) is 23.7 Å². The number of nitrogens with one attached hydrogen (secondary N) is 2. The van der Waals surface area contributed by atoms with Crippen LogP contribution in [0.3, 0.4) is 0 Å². The zero-order valence-corrected chi connectivity index (χ0v) is 16.3. The standard InChI is InChI=1S/C18H20F2N6OS/c1-3-6-21-15-13-10-23-26(16(13)25-18(24-15)28-2)8-7-22-17(27)12-5-4-11(19)9-14(12)20/h4-5,9-10H,3,6-8H2,1-2H3,(H,22,27)(H,21,24,25). The van der Waals surface area contributed by atoms with E-state index >= 15 is 0 Å². The van der Waals surface area contributed by atoms with Crippen molar-refractivity contribution in [2.45, 2.75) is 25.0 Å². The van der Waals surface area contributed by atoms with Gasteiger partial charge < -0.3 is 10.6 Å². The SMILES string of the molecule is CCCNc1nc(SC)nc2c1cnn2CCNC(=O)c1ccc(F)cc1F. The molecule has 3 aromatic rings. The Balaban J connectivity index is 1.73. The second-order valence-corrected chi connectivity index (χ2v) is 6.74. The number of carbonyl (C=O) groups excluding carboxylic acids is 1. The summed E-state index contributed by atoms with van der Waals surface area (Å²) in [4.78, 5) is 21.1. The molecule has 0 aliphatic rings. The summed E-state index contributed by atoms with van der Waals surface area (Å²) >= 11 is 1.43. The second kappa shape index (κ2) is 8.96. The van der Waals surface area contributed by atoms with Crippen LogP contribution in [0.25, 0.3) is 11.0 Å². The van der Waals surface area contributed by atoms with Crippen molar-refractivity contribution in [2.24, 2.45) is 0 Å². The van der Waals surface area contributed by atoms with Crippen LogP contribution in [0.2, 0.25) is 0 Å². The van der Waals surface area contributed by atoms with Crippen molar-refractivity contribution in [3.8, 4) is 0 Å². The molecule has 1 aromatic carbocycles. The minimum atomic E-state index is -0.897. The first kappa shape index (κ1) is 20.0. The Hall–Kier alpha value is -2.75. The predicted octanol–water partition coefficient (Wildman–Crippen LogP) is 3.08. The number of benzene rings is 1. The number of hydrogen-bond donors (Lipinski definition) is 2. The molecule has 1 amide bonds. The zero-order valence-electron chi connectivity index (χ0n) is 15.5. The lowest BCUT2D eigenvalue weighted by molar-refractivity contribution is 0.0948. The van der Waals surface area contributed by atoms with E-state index in [9.17, 15) is 13.6 Å². The number of halogens is 2. The quantitative estimate of drug-likeness (QED) is 0.442. The van der Waals surface area contributed by atoms with Crippen LogP contribution in [0.5, 0.6) is 0 Å². The van der Waals surface area contributed by atoms with Gasteiger partial charge in [0.1, 0.15) is 17.5 Å². The maximum atomic E-state index is 13.7. The van der Waals surface area contributed by atoms with Crippen molar-refractivity contribution in [2.75, 3.05) is 24.7 Å². The Morgan fingerprint density at radius 2 is 2.07 bits per heavy atom. The fraction of sp³-hybridized carbons (Fsp3) is 0.333. The third kappa shape index (κ3) is 4.38. The number of fused-ring (bicyclic) bond motifs is 1. The molecule has 0 radical (unpaired) electrons. The lowest BCUT2D eigenvalue weighted by Crippen LogP contribution is -2.28. The molecule has 0 atom stereocenters. The van der Waals surface area contributed by atoms with Crippen LogP contribution in [-0.4, -0.2) is 45.0 Å². The van der Waals surface area contributed by atoms with Crippen LogP contribution < -0.4 is 10.6 Å². The van der Waals surface area contributed by atoms with Crippen molar-refractivity contribution >= 4 is 34.5 Å². The number of hydrogen-bond acceptors (Lipinski definition) is 6. The van der Waals surface area contributed by atoms with Crippen LogP contribution in [0.4, 0.5) is 14.6 Å². The van der Waals surface area contributed by atoms with Gasteiger partial charge in [-0.15, -0.1) is 0 Å². The lowest BCUT2D eigenvalue weighted by atomic mass is 10.2. The molecule has 0 bridgehead atoms. The normalized spacial score (nSPS) is 11.0. The molecular weight excluding hydrogens is 386 g/mol. The Bertz CT molecular complexity index is 994. The summed E-state index contributed by atoms with van der Waals surface area (Å²) in [5.74, 6) is -1.52. The van der Waals surface area contributed by atoms with Crippen LogP contribution in [-0.2, 0) is 6.54 Å². The minimum absolute atomic E-state index is 0.204. The molecule has 0 aliphatic heterocycles. The molecule has 0 aliphatic carbocycles. The van der Waals surface area contributed by atoms with Crippen molar-refractivity contribution < 1.29 is 13.6 Å². The van der Waals surface area contributed by atoms with Crippen molar-refractivity contribution in [1.29, 1.82) is 0 Å². The molecule has 0 saturated carbocycles. The predicted molar refractivity (Wildman–Crippen MR) is 105 cm³/mol. The monoisotopic (exact) mass is 406 g/mol. The molecule has 2 N–H and O–H groups in total. The first-order chi connectivity index (χ1) is 13.5. The van der Waals surface area contributed by atoms with Gasteiger partial charge >= 0.3 is 0 Å². The summed E-state index contributed by atoms with van der Waals surface area (Å²) in [6, 6.07) is 2.85. The summed E-state index contributed by atoms with van der Waals surface area (Å²) in [6.07, 6.45) is 4.53. The third-order valence-electron chi connectivity index (χ3n) is 3.99. The fourth-order valence-electron chi connectivity index (χ4n) is 2.61. The van der Waals surface area contributed by atoms with Crippen molar-refractivity contribution in [1.82, 2.24) is 25.1 Å². The third-order valence-corrected chi connectivity index (χ3v) is 4.53. The molecule has 10 heteroatoms. The van der Waals surface area contributed by atoms with Gasteiger partial charge in [0.05, 0.1) is 23.7 Å². The Morgan fingerprint density at radius 3 is 2.79 bits per heavy atom. The van der Waals surface area contributed by atoms with E-state index in [4.69, 9.17) is 0 Å². The average molecular weight is 406 g/mol. The highest BCUT2D eigenvalue weighted by atomic mass is 32.2. The minimum Gasteiger partial charge on any atom is -0.369 e. The Morgan fingerprint density at radius 1 is 1.25 bits per heavy atom. The van der Waals surface area contributed by atoms with Gasteiger partial charge in [0.25, 0.3) is 5.91 Å². The first-order valence-corrected chi connectivity index (χ1v) is 10.0. The maximum absolute atomic E-state index is 13.7. The van der Waals surface area contributed by atoms with Gasteiger partial charge in [-0.2, -0.15) is 5.10 Å². The zero-order chi connectivity index (χ0) is 20.1. The molecule has 0 spiro atoms. The van der Waals surface area contributed by atoms with E-state index in [1.807, 2.05) is 6.26 Å². The highest BCUT2D eigenvalue weighted by Gasteiger charge is 2.14. The van der Waals surface area contributed by atoms with Crippen LogP contribution in [0.15, 0.2) is 29.6 Å². The number of nitrogens with zero attached hydrogens (tertiary/aromatic N) is 4. The number of amides is 1. The van der Waals surface area contributed by atoms with E-state index < -0.39 is 17.5 Å². The Labute approximate surface area is 164 Å². The summed E-state index contributed by atoms with van der Waals surface area (Å²) in [5, 5.41) is 11.6. The lowest BCUT2D eigenvalue weighted by Gasteiger charge is -2.09. The molecule has 2 aromatic heterocycles. The average Bonchev–Trinajstić information content (AvgIpc) is 3.09. The molecule has 28 heavy (non-hydrogen) atoms. The summed E-state index contributed by atoms with van der Waals surface area (Å²) < 4.78 is 28.3. The maximum Gasteiger partial charge on any atom is 0.254 e. The van der Waals surface area contributed by atoms with Gasteiger partial charge in [0, 0.05) is 19.2 Å². The molecule has 2 heterocycles.